The lowest BCUT2D eigenvalue weighted by atomic mass is 9.63. The SMILES string of the molecule is CC1(C)CCC(C)(C)c2cc(C#Cc3ccc(O)c(=O)cc3)ccc21. The summed E-state index contributed by atoms with van der Waals surface area (Å²) in [5.74, 6) is 6.03. The first-order chi connectivity index (χ1) is 11.7. The van der Waals surface area contributed by atoms with Crippen molar-refractivity contribution in [3.63, 3.8) is 0 Å². The fourth-order valence-electron chi connectivity index (χ4n) is 3.45. The molecule has 25 heavy (non-hydrogen) atoms. The van der Waals surface area contributed by atoms with Gasteiger partial charge in [-0.3, -0.25) is 4.79 Å². The van der Waals surface area contributed by atoms with E-state index < -0.39 is 5.43 Å². The summed E-state index contributed by atoms with van der Waals surface area (Å²) in [4.78, 5) is 11.4. The van der Waals surface area contributed by atoms with Crippen LogP contribution < -0.4 is 5.43 Å². The summed E-state index contributed by atoms with van der Waals surface area (Å²) >= 11 is 0. The van der Waals surface area contributed by atoms with Crippen LogP contribution in [0.2, 0.25) is 0 Å². The molecule has 0 unspecified atom stereocenters. The molecule has 1 N–H and O–H groups in total. The Labute approximate surface area is 149 Å². The Morgan fingerprint density at radius 3 is 2.08 bits per heavy atom. The van der Waals surface area contributed by atoms with E-state index in [2.05, 4.69) is 57.7 Å². The van der Waals surface area contributed by atoms with Gasteiger partial charge >= 0.3 is 0 Å². The summed E-state index contributed by atoms with van der Waals surface area (Å²) in [6.07, 6.45) is 2.36. The van der Waals surface area contributed by atoms with E-state index in [0.717, 1.165) is 5.56 Å². The van der Waals surface area contributed by atoms with Crippen molar-refractivity contribution in [2.75, 3.05) is 0 Å². The summed E-state index contributed by atoms with van der Waals surface area (Å²) in [5, 5.41) is 9.47. The molecule has 3 rings (SSSR count). The summed E-state index contributed by atoms with van der Waals surface area (Å²) in [6, 6.07) is 12.5. The lowest BCUT2D eigenvalue weighted by Crippen LogP contribution is -2.33. The van der Waals surface area contributed by atoms with E-state index in [1.807, 2.05) is 0 Å². The molecule has 2 heteroatoms. The largest absolute Gasteiger partial charge is 0.504 e. The van der Waals surface area contributed by atoms with Crippen molar-refractivity contribution in [2.45, 2.75) is 51.4 Å². The van der Waals surface area contributed by atoms with Crippen LogP contribution in [0.25, 0.3) is 0 Å². The first-order valence-electron chi connectivity index (χ1n) is 8.69. The van der Waals surface area contributed by atoms with Gasteiger partial charge in [-0.2, -0.15) is 0 Å². The van der Waals surface area contributed by atoms with Gasteiger partial charge in [0.25, 0.3) is 0 Å². The third kappa shape index (κ3) is 3.46. The predicted octanol–water partition coefficient (Wildman–Crippen LogP) is 4.50. The van der Waals surface area contributed by atoms with Gasteiger partial charge in [-0.05, 0) is 71.2 Å². The van der Waals surface area contributed by atoms with Crippen LogP contribution in [0.5, 0.6) is 5.75 Å². The average molecular weight is 332 g/mol. The molecule has 0 saturated heterocycles. The van der Waals surface area contributed by atoms with E-state index in [-0.39, 0.29) is 16.6 Å². The molecule has 0 fully saturated rings. The van der Waals surface area contributed by atoms with Crippen molar-refractivity contribution < 1.29 is 5.11 Å². The van der Waals surface area contributed by atoms with Gasteiger partial charge in [0.15, 0.2) is 5.75 Å². The molecule has 0 aromatic heterocycles. The van der Waals surface area contributed by atoms with Crippen LogP contribution in [0.15, 0.2) is 47.3 Å². The quantitative estimate of drug-likeness (QED) is 0.721. The van der Waals surface area contributed by atoms with Gasteiger partial charge in [-0.1, -0.05) is 45.6 Å². The smallest absolute Gasteiger partial charge is 0.220 e. The van der Waals surface area contributed by atoms with Crippen LogP contribution in [-0.2, 0) is 10.8 Å². The fraction of sp³-hybridized carbons (Fsp3) is 0.348. The number of rotatable bonds is 0. The third-order valence-electron chi connectivity index (χ3n) is 5.29. The second-order valence-electron chi connectivity index (χ2n) is 8.15. The molecular formula is C23H24O2. The Morgan fingerprint density at radius 2 is 1.36 bits per heavy atom. The van der Waals surface area contributed by atoms with Crippen LogP contribution in [0.1, 0.15) is 62.8 Å². The highest BCUT2D eigenvalue weighted by atomic mass is 16.3. The summed E-state index contributed by atoms with van der Waals surface area (Å²) in [6.45, 7) is 9.22. The number of benzene rings is 1. The van der Waals surface area contributed by atoms with Gasteiger partial charge in [-0.15, -0.1) is 0 Å². The predicted molar refractivity (Wildman–Crippen MR) is 102 cm³/mol. The molecule has 0 bridgehead atoms. The zero-order chi connectivity index (χ0) is 18.2. The molecule has 0 aliphatic heterocycles. The van der Waals surface area contributed by atoms with Gasteiger partial charge in [0.2, 0.25) is 5.43 Å². The van der Waals surface area contributed by atoms with Crippen molar-refractivity contribution >= 4 is 0 Å². The maximum atomic E-state index is 11.4. The molecule has 0 radical (unpaired) electrons. The van der Waals surface area contributed by atoms with E-state index in [1.54, 1.807) is 12.1 Å². The molecule has 1 aliphatic rings. The maximum Gasteiger partial charge on any atom is 0.220 e. The van der Waals surface area contributed by atoms with Gasteiger partial charge in [0, 0.05) is 11.1 Å². The molecule has 0 atom stereocenters. The van der Waals surface area contributed by atoms with Crippen molar-refractivity contribution in [1.82, 2.24) is 0 Å². The third-order valence-corrected chi connectivity index (χ3v) is 5.29. The number of aromatic hydroxyl groups is 1. The van der Waals surface area contributed by atoms with Gasteiger partial charge in [0.05, 0.1) is 0 Å². The average Bonchev–Trinajstić information content (AvgIpc) is 2.72. The molecule has 0 spiro atoms. The van der Waals surface area contributed by atoms with E-state index in [1.165, 1.54) is 36.1 Å². The Bertz CT molecular complexity index is 940. The molecule has 0 amide bonds. The van der Waals surface area contributed by atoms with Crippen molar-refractivity contribution in [3.05, 3.63) is 74.9 Å². The van der Waals surface area contributed by atoms with Crippen LogP contribution in [0, 0.1) is 11.8 Å². The van der Waals surface area contributed by atoms with Crippen molar-refractivity contribution in [3.8, 4) is 17.6 Å². The normalized spacial score (nSPS) is 17.1. The Hall–Kier alpha value is -2.53. The summed E-state index contributed by atoms with van der Waals surface area (Å²) in [5.41, 5.74) is 4.44. The minimum absolute atomic E-state index is 0.158. The maximum absolute atomic E-state index is 11.4. The van der Waals surface area contributed by atoms with E-state index in [9.17, 15) is 9.90 Å². The number of hydrogen-bond donors (Lipinski definition) is 1. The molecular weight excluding hydrogens is 308 g/mol. The first kappa shape index (κ1) is 17.3. The van der Waals surface area contributed by atoms with E-state index >= 15 is 0 Å². The highest BCUT2D eigenvalue weighted by Crippen LogP contribution is 2.45. The topological polar surface area (TPSA) is 37.3 Å². The van der Waals surface area contributed by atoms with Gasteiger partial charge in [0.1, 0.15) is 0 Å². The lowest BCUT2D eigenvalue weighted by molar-refractivity contribution is 0.332. The second kappa shape index (κ2) is 6.08. The highest BCUT2D eigenvalue weighted by Gasteiger charge is 2.36. The summed E-state index contributed by atoms with van der Waals surface area (Å²) in [7, 11) is 0. The Kier molecular flexibility index (Phi) is 4.21. The molecule has 1 aliphatic carbocycles. The van der Waals surface area contributed by atoms with Gasteiger partial charge < -0.3 is 5.11 Å². The lowest BCUT2D eigenvalue weighted by Gasteiger charge is -2.41. The standard InChI is InChI=1S/C23H24O2/c1-22(2)13-14-23(3,4)19-15-17(7-10-18(19)22)6-5-16-8-11-20(24)21(25)12-9-16/h7-12,15H,13-14H2,1-4H3,(H,24,25). The van der Waals surface area contributed by atoms with Crippen molar-refractivity contribution in [1.29, 1.82) is 0 Å². The van der Waals surface area contributed by atoms with Crippen molar-refractivity contribution in [2.24, 2.45) is 0 Å². The molecule has 128 valence electrons. The molecule has 0 heterocycles. The molecule has 2 aromatic rings. The second-order valence-corrected chi connectivity index (χ2v) is 8.15. The minimum atomic E-state index is -0.397. The van der Waals surface area contributed by atoms with E-state index in [0.29, 0.717) is 5.56 Å². The van der Waals surface area contributed by atoms with Crippen LogP contribution in [0.3, 0.4) is 0 Å². The molecule has 2 nitrogen and oxygen atoms in total. The molecule has 2 aromatic carbocycles. The Morgan fingerprint density at radius 1 is 0.800 bits per heavy atom. The zero-order valence-electron chi connectivity index (χ0n) is 15.3. The van der Waals surface area contributed by atoms with Crippen LogP contribution >= 0.6 is 0 Å². The Balaban J connectivity index is 2.02. The van der Waals surface area contributed by atoms with Crippen LogP contribution in [-0.4, -0.2) is 5.11 Å². The molecule has 0 saturated carbocycles. The van der Waals surface area contributed by atoms with Crippen LogP contribution in [0.4, 0.5) is 0 Å². The fourth-order valence-corrected chi connectivity index (χ4v) is 3.45. The van der Waals surface area contributed by atoms with Gasteiger partial charge in [-0.25, -0.2) is 0 Å². The zero-order valence-corrected chi connectivity index (χ0v) is 15.3. The highest BCUT2D eigenvalue weighted by molar-refractivity contribution is 5.50. The first-order valence-corrected chi connectivity index (χ1v) is 8.69. The monoisotopic (exact) mass is 332 g/mol. The number of hydrogen-bond acceptors (Lipinski definition) is 2. The minimum Gasteiger partial charge on any atom is -0.504 e. The van der Waals surface area contributed by atoms with E-state index in [4.69, 9.17) is 0 Å². The summed E-state index contributed by atoms with van der Waals surface area (Å²) < 4.78 is 0. The number of fused-ring (bicyclic) bond motifs is 1.